The number of nitrogens with one attached hydrogen (secondary N) is 3. The van der Waals surface area contributed by atoms with Gasteiger partial charge in [0.25, 0.3) is 0 Å². The molecule has 1 aromatic carbocycles. The molecule has 0 aliphatic carbocycles. The Morgan fingerprint density at radius 1 is 0.946 bits per heavy atom. The Kier molecular flexibility index (Phi) is 5.73. The molecule has 0 unspecified atom stereocenters. The van der Waals surface area contributed by atoms with Gasteiger partial charge in [0.05, 0.1) is 17.4 Å². The van der Waals surface area contributed by atoms with Crippen LogP contribution in [0.15, 0.2) is 61.2 Å². The molecule has 0 aliphatic heterocycles. The van der Waals surface area contributed by atoms with Crippen LogP contribution in [0.5, 0.6) is 0 Å². The molecule has 0 saturated carbocycles. The predicted octanol–water partition coefficient (Wildman–Crippen LogP) is 4.13. The number of nitrogens with zero attached hydrogens (tertiary/aromatic N) is 7. The molecule has 3 N–H and O–H groups in total. The van der Waals surface area contributed by atoms with Crippen LogP contribution in [0.25, 0.3) is 56.2 Å². The number of pyridine rings is 2. The minimum Gasteiger partial charge on any atom is -0.384 e. The van der Waals surface area contributed by atoms with E-state index < -0.39 is 0 Å². The summed E-state index contributed by atoms with van der Waals surface area (Å²) in [5, 5.41) is 10.7. The molecule has 0 aliphatic rings. The molecule has 5 aromatic heterocycles. The van der Waals surface area contributed by atoms with E-state index in [4.69, 9.17) is 9.97 Å². The van der Waals surface area contributed by atoms with Gasteiger partial charge < -0.3 is 15.2 Å². The summed E-state index contributed by atoms with van der Waals surface area (Å²) in [6.07, 6.45) is 6.58. The van der Waals surface area contributed by atoms with E-state index in [1.165, 1.54) is 12.1 Å². The van der Waals surface area contributed by atoms with Gasteiger partial charge in [-0.05, 0) is 56.1 Å². The number of likely N-dealkylation sites (N-methyl/N-ethyl adjacent to an activating group) is 1. The first-order chi connectivity index (χ1) is 18.0. The Labute approximate surface area is 211 Å². The Morgan fingerprint density at radius 3 is 2.70 bits per heavy atom. The quantitative estimate of drug-likeness (QED) is 0.303. The van der Waals surface area contributed by atoms with Gasteiger partial charge in [0, 0.05) is 42.9 Å². The van der Waals surface area contributed by atoms with Crippen LogP contribution < -0.4 is 5.32 Å². The highest BCUT2D eigenvalue weighted by Crippen LogP contribution is 2.32. The SMILES string of the molecule is CN(C)CCNc1cc(F)cc(-c2ccnc3[nH]c(-c4n[nH]c5ccc(-c6cnccn6)nc45)nc23)c1. The molecule has 0 spiro atoms. The smallest absolute Gasteiger partial charge is 0.162 e. The number of benzene rings is 1. The normalized spacial score (nSPS) is 11.6. The molecule has 6 aromatic rings. The van der Waals surface area contributed by atoms with E-state index in [1.807, 2.05) is 38.4 Å². The van der Waals surface area contributed by atoms with Gasteiger partial charge in [0.1, 0.15) is 22.5 Å². The second-order valence-electron chi connectivity index (χ2n) is 8.86. The van der Waals surface area contributed by atoms with Gasteiger partial charge in [-0.25, -0.2) is 19.3 Å². The molecule has 11 heteroatoms. The number of H-pyrrole nitrogens is 2. The molecule has 10 nitrogen and oxygen atoms in total. The number of rotatable bonds is 7. The Bertz CT molecular complexity index is 1710. The summed E-state index contributed by atoms with van der Waals surface area (Å²) in [7, 11) is 3.99. The number of imidazole rings is 1. The van der Waals surface area contributed by atoms with Crippen molar-refractivity contribution in [3.05, 3.63) is 67.0 Å². The Balaban J connectivity index is 1.41. The zero-order valence-corrected chi connectivity index (χ0v) is 20.2. The summed E-state index contributed by atoms with van der Waals surface area (Å²) in [6.45, 7) is 1.53. The van der Waals surface area contributed by atoms with Gasteiger partial charge in [0.2, 0.25) is 0 Å². The lowest BCUT2D eigenvalue weighted by molar-refractivity contribution is 0.425. The van der Waals surface area contributed by atoms with Crippen molar-refractivity contribution >= 4 is 27.9 Å². The molecule has 0 bridgehead atoms. The van der Waals surface area contributed by atoms with E-state index in [9.17, 15) is 4.39 Å². The van der Waals surface area contributed by atoms with Crippen molar-refractivity contribution in [1.82, 2.24) is 45.0 Å². The predicted molar refractivity (Wildman–Crippen MR) is 140 cm³/mol. The third-order valence-electron chi connectivity index (χ3n) is 5.94. The van der Waals surface area contributed by atoms with Crippen LogP contribution in [0, 0.1) is 5.82 Å². The van der Waals surface area contributed by atoms with Crippen molar-refractivity contribution in [2.45, 2.75) is 0 Å². The summed E-state index contributed by atoms with van der Waals surface area (Å²) in [4.78, 5) is 27.8. The first-order valence-electron chi connectivity index (χ1n) is 11.7. The fraction of sp³-hybridized carbons (Fsp3) is 0.154. The van der Waals surface area contributed by atoms with Crippen molar-refractivity contribution in [3.63, 3.8) is 0 Å². The Morgan fingerprint density at radius 2 is 1.86 bits per heavy atom. The van der Waals surface area contributed by atoms with E-state index in [0.717, 1.165) is 17.6 Å². The minimum atomic E-state index is -0.329. The molecule has 0 amide bonds. The maximum Gasteiger partial charge on any atom is 0.162 e. The van der Waals surface area contributed by atoms with Gasteiger partial charge in [-0.1, -0.05) is 0 Å². The molecular weight excluding hydrogens is 471 g/mol. The van der Waals surface area contributed by atoms with Crippen molar-refractivity contribution in [3.8, 4) is 34.0 Å². The summed E-state index contributed by atoms with van der Waals surface area (Å²) < 4.78 is 14.6. The highest BCUT2D eigenvalue weighted by atomic mass is 19.1. The van der Waals surface area contributed by atoms with Crippen LogP contribution in [0.2, 0.25) is 0 Å². The number of halogens is 1. The number of anilines is 1. The second kappa shape index (κ2) is 9.36. The topological polar surface area (TPSA) is 124 Å². The van der Waals surface area contributed by atoms with Crippen LogP contribution >= 0.6 is 0 Å². The first kappa shape index (κ1) is 22.7. The molecule has 184 valence electrons. The third kappa shape index (κ3) is 4.47. The maximum atomic E-state index is 14.6. The monoisotopic (exact) mass is 494 g/mol. The van der Waals surface area contributed by atoms with E-state index in [-0.39, 0.29) is 5.82 Å². The summed E-state index contributed by atoms with van der Waals surface area (Å²) in [6, 6.07) is 10.5. The second-order valence-corrected chi connectivity index (χ2v) is 8.86. The van der Waals surface area contributed by atoms with Gasteiger partial charge in [0.15, 0.2) is 17.2 Å². The van der Waals surface area contributed by atoms with Gasteiger partial charge in [-0.2, -0.15) is 5.10 Å². The molecule has 0 radical (unpaired) electrons. The van der Waals surface area contributed by atoms with Crippen molar-refractivity contribution in [2.24, 2.45) is 0 Å². The van der Waals surface area contributed by atoms with E-state index in [1.54, 1.807) is 24.8 Å². The maximum absolute atomic E-state index is 14.6. The van der Waals surface area contributed by atoms with Gasteiger partial charge in [-0.3, -0.25) is 15.1 Å². The summed E-state index contributed by atoms with van der Waals surface area (Å²) >= 11 is 0. The molecule has 5 heterocycles. The largest absolute Gasteiger partial charge is 0.384 e. The third-order valence-corrected chi connectivity index (χ3v) is 5.94. The lowest BCUT2D eigenvalue weighted by Gasteiger charge is -2.12. The first-order valence-corrected chi connectivity index (χ1v) is 11.7. The highest BCUT2D eigenvalue weighted by molar-refractivity contribution is 5.95. The summed E-state index contributed by atoms with van der Waals surface area (Å²) in [5.74, 6) is 0.176. The number of aromatic amines is 2. The molecule has 0 saturated heterocycles. The zero-order chi connectivity index (χ0) is 25.4. The van der Waals surface area contributed by atoms with Gasteiger partial charge >= 0.3 is 0 Å². The fourth-order valence-electron chi connectivity index (χ4n) is 4.16. The standard InChI is InChI=1S/C26H23FN10/c1-37(2)10-9-29-17-12-15(11-16(27)13-17)18-5-6-31-25-22(18)33-26(34-25)24-23-20(35-36-24)4-3-19(32-23)21-14-28-7-8-30-21/h3-8,11-14,29H,9-10H2,1-2H3,(H,35,36)(H,31,33,34). The molecule has 0 atom stereocenters. The Hall–Kier alpha value is -4.77. The number of aromatic nitrogens is 8. The molecule has 37 heavy (non-hydrogen) atoms. The average molecular weight is 495 g/mol. The van der Waals surface area contributed by atoms with Crippen LogP contribution in [0.4, 0.5) is 10.1 Å². The zero-order valence-electron chi connectivity index (χ0n) is 20.2. The average Bonchev–Trinajstić information content (AvgIpc) is 3.52. The van der Waals surface area contributed by atoms with Crippen LogP contribution in [-0.2, 0) is 0 Å². The van der Waals surface area contributed by atoms with Crippen LogP contribution in [0.1, 0.15) is 0 Å². The lowest BCUT2D eigenvalue weighted by Crippen LogP contribution is -2.20. The fourth-order valence-corrected chi connectivity index (χ4v) is 4.16. The lowest BCUT2D eigenvalue weighted by atomic mass is 10.0. The molecule has 6 rings (SSSR count). The van der Waals surface area contributed by atoms with Crippen molar-refractivity contribution in [1.29, 1.82) is 0 Å². The number of hydrogen-bond donors (Lipinski definition) is 3. The van der Waals surface area contributed by atoms with Crippen molar-refractivity contribution < 1.29 is 4.39 Å². The van der Waals surface area contributed by atoms with Crippen LogP contribution in [0.3, 0.4) is 0 Å². The van der Waals surface area contributed by atoms with Crippen LogP contribution in [-0.4, -0.2) is 72.2 Å². The van der Waals surface area contributed by atoms with E-state index in [2.05, 4.69) is 40.3 Å². The van der Waals surface area contributed by atoms with E-state index in [0.29, 0.717) is 57.4 Å². The number of fused-ring (bicyclic) bond motifs is 2. The molecule has 0 fully saturated rings. The minimum absolute atomic E-state index is 0.329. The van der Waals surface area contributed by atoms with Crippen molar-refractivity contribution in [2.75, 3.05) is 32.5 Å². The van der Waals surface area contributed by atoms with Gasteiger partial charge in [-0.15, -0.1) is 0 Å². The van der Waals surface area contributed by atoms with E-state index >= 15 is 0 Å². The summed E-state index contributed by atoms with van der Waals surface area (Å²) in [5.41, 5.74) is 6.63. The number of hydrogen-bond acceptors (Lipinski definition) is 8. The molecular formula is C26H23FN10. The highest BCUT2D eigenvalue weighted by Gasteiger charge is 2.18.